The van der Waals surface area contributed by atoms with Crippen molar-refractivity contribution in [3.63, 3.8) is 0 Å². The maximum Gasteiger partial charge on any atom is 0.178 e. The van der Waals surface area contributed by atoms with E-state index in [2.05, 4.69) is 46.3 Å². The number of terminal acetylenes is 1. The van der Waals surface area contributed by atoms with E-state index in [9.17, 15) is 4.39 Å². The summed E-state index contributed by atoms with van der Waals surface area (Å²) in [4.78, 5) is 13.1. The highest BCUT2D eigenvalue weighted by Gasteiger charge is 2.19. The molecule has 0 spiro atoms. The van der Waals surface area contributed by atoms with Crippen molar-refractivity contribution in [1.82, 2.24) is 20.3 Å². The SMILES string of the molecule is C#C.C=C/C(=C\C(=C/C)c1cc(Cc2nc3nccc(-c4ccc(F)s4)c3[nH]2)c(N)cc1F)NC(=C)C1CCCC1. The molecule has 3 aromatic heterocycles. The number of nitrogens with one attached hydrogen (secondary N) is 2. The fourth-order valence-corrected chi connectivity index (χ4v) is 5.85. The molecule has 1 aliphatic carbocycles. The molecule has 3 heterocycles. The molecule has 210 valence electrons. The van der Waals surface area contributed by atoms with Crippen LogP contribution in [0.25, 0.3) is 27.2 Å². The minimum atomic E-state index is -0.410. The van der Waals surface area contributed by atoms with Crippen LogP contribution in [0.15, 0.2) is 79.3 Å². The predicted molar refractivity (Wildman–Crippen MR) is 167 cm³/mol. The number of thiophene rings is 1. The van der Waals surface area contributed by atoms with Crippen LogP contribution in [0.4, 0.5) is 14.5 Å². The lowest BCUT2D eigenvalue weighted by atomic mass is 9.98. The van der Waals surface area contributed by atoms with E-state index >= 15 is 4.39 Å². The second kappa shape index (κ2) is 13.2. The summed E-state index contributed by atoms with van der Waals surface area (Å²) in [6.07, 6.45) is 20.2. The molecule has 0 atom stereocenters. The molecule has 0 amide bonds. The molecule has 1 saturated carbocycles. The Balaban J connectivity index is 0.00000189. The Morgan fingerprint density at radius 3 is 2.63 bits per heavy atom. The molecule has 0 aliphatic heterocycles. The van der Waals surface area contributed by atoms with E-state index in [1.54, 1.807) is 24.4 Å². The van der Waals surface area contributed by atoms with Crippen molar-refractivity contribution >= 4 is 33.8 Å². The van der Waals surface area contributed by atoms with E-state index in [1.807, 2.05) is 25.1 Å². The average Bonchev–Trinajstić information content (AvgIpc) is 3.75. The minimum absolute atomic E-state index is 0.257. The van der Waals surface area contributed by atoms with Gasteiger partial charge in [-0.15, -0.1) is 24.2 Å². The van der Waals surface area contributed by atoms with E-state index in [4.69, 9.17) is 5.73 Å². The third kappa shape index (κ3) is 6.64. The normalized spacial score (nSPS) is 14.1. The van der Waals surface area contributed by atoms with E-state index in [0.717, 1.165) is 57.1 Å². The largest absolute Gasteiger partial charge is 0.398 e. The van der Waals surface area contributed by atoms with Gasteiger partial charge in [-0.2, -0.15) is 4.39 Å². The highest BCUT2D eigenvalue weighted by Crippen LogP contribution is 2.33. The third-order valence-electron chi connectivity index (χ3n) is 7.17. The van der Waals surface area contributed by atoms with Crippen LogP contribution in [-0.2, 0) is 6.42 Å². The topological polar surface area (TPSA) is 79.6 Å². The second-order valence-corrected chi connectivity index (χ2v) is 10.8. The number of hydrogen-bond donors (Lipinski definition) is 3. The summed E-state index contributed by atoms with van der Waals surface area (Å²) < 4.78 is 28.9. The summed E-state index contributed by atoms with van der Waals surface area (Å²) in [5.41, 5.74) is 12.2. The summed E-state index contributed by atoms with van der Waals surface area (Å²) >= 11 is 1.06. The minimum Gasteiger partial charge on any atom is -0.398 e. The maximum atomic E-state index is 15.2. The Hall–Kier alpha value is -4.48. The molecular weight excluding hydrogens is 536 g/mol. The number of hydrogen-bond acceptors (Lipinski definition) is 5. The van der Waals surface area contributed by atoms with Crippen LogP contribution in [0.2, 0.25) is 0 Å². The van der Waals surface area contributed by atoms with Gasteiger partial charge in [-0.05, 0) is 79.3 Å². The molecule has 0 bridgehead atoms. The van der Waals surface area contributed by atoms with Crippen LogP contribution in [-0.4, -0.2) is 15.0 Å². The lowest BCUT2D eigenvalue weighted by Crippen LogP contribution is -2.16. The summed E-state index contributed by atoms with van der Waals surface area (Å²) in [5, 5.41) is 3.12. The number of rotatable bonds is 9. The van der Waals surface area contributed by atoms with E-state index < -0.39 is 5.82 Å². The summed E-state index contributed by atoms with van der Waals surface area (Å²) in [7, 11) is 0. The fraction of sp³-hybridized carbons (Fsp3) is 0.212. The van der Waals surface area contributed by atoms with Gasteiger partial charge >= 0.3 is 0 Å². The van der Waals surface area contributed by atoms with Crippen LogP contribution in [0.5, 0.6) is 0 Å². The number of anilines is 1. The molecule has 0 unspecified atom stereocenters. The highest BCUT2D eigenvalue weighted by atomic mass is 32.1. The molecule has 0 saturated heterocycles. The number of benzene rings is 1. The molecule has 1 aromatic carbocycles. The Morgan fingerprint density at radius 2 is 1.98 bits per heavy atom. The summed E-state index contributed by atoms with van der Waals surface area (Å²) in [5.74, 6) is 0.664. The van der Waals surface area contributed by atoms with Crippen molar-refractivity contribution in [2.24, 2.45) is 5.92 Å². The molecule has 8 heteroatoms. The lowest BCUT2D eigenvalue weighted by molar-refractivity contribution is 0.607. The molecule has 5 rings (SSSR count). The monoisotopic (exact) mass is 569 g/mol. The number of pyridine rings is 1. The number of nitrogens with zero attached hydrogens (tertiary/aromatic N) is 2. The lowest BCUT2D eigenvalue weighted by Gasteiger charge is -2.17. The molecule has 0 radical (unpaired) electrons. The van der Waals surface area contributed by atoms with Gasteiger partial charge < -0.3 is 16.0 Å². The van der Waals surface area contributed by atoms with Gasteiger partial charge in [0.25, 0.3) is 0 Å². The first-order valence-corrected chi connectivity index (χ1v) is 14.1. The van der Waals surface area contributed by atoms with Crippen LogP contribution in [0, 0.1) is 29.7 Å². The highest BCUT2D eigenvalue weighted by molar-refractivity contribution is 7.14. The smallest absolute Gasteiger partial charge is 0.178 e. The molecule has 5 nitrogen and oxygen atoms in total. The zero-order valence-electron chi connectivity index (χ0n) is 23.0. The van der Waals surface area contributed by atoms with Crippen LogP contribution in [0.3, 0.4) is 0 Å². The quantitative estimate of drug-likeness (QED) is 0.108. The Labute approximate surface area is 243 Å². The Bertz CT molecular complexity index is 1650. The van der Waals surface area contributed by atoms with Crippen LogP contribution in [0.1, 0.15) is 49.6 Å². The van der Waals surface area contributed by atoms with Crippen LogP contribution < -0.4 is 11.1 Å². The molecule has 41 heavy (non-hydrogen) atoms. The van der Waals surface area contributed by atoms with Gasteiger partial charge in [-0.3, -0.25) is 0 Å². The van der Waals surface area contributed by atoms with Crippen molar-refractivity contribution in [2.45, 2.75) is 39.0 Å². The average molecular weight is 570 g/mol. The first kappa shape index (κ1) is 29.5. The number of allylic oxidation sites excluding steroid dienone is 5. The number of aromatic amines is 1. The van der Waals surface area contributed by atoms with Gasteiger partial charge in [0.2, 0.25) is 0 Å². The van der Waals surface area contributed by atoms with Crippen molar-refractivity contribution < 1.29 is 8.78 Å². The fourth-order valence-electron chi connectivity index (χ4n) is 5.09. The molecular formula is C33H33F2N5S. The van der Waals surface area contributed by atoms with Crippen LogP contribution >= 0.6 is 11.3 Å². The number of nitrogens with two attached hydrogens (primary N) is 1. The summed E-state index contributed by atoms with van der Waals surface area (Å²) in [6.45, 7) is 10.0. The predicted octanol–water partition coefficient (Wildman–Crippen LogP) is 8.15. The van der Waals surface area contributed by atoms with Crippen molar-refractivity contribution in [3.8, 4) is 23.3 Å². The first-order valence-electron chi connectivity index (χ1n) is 13.3. The van der Waals surface area contributed by atoms with E-state index in [-0.39, 0.29) is 5.13 Å². The van der Waals surface area contributed by atoms with Gasteiger partial charge in [0.1, 0.15) is 11.6 Å². The summed E-state index contributed by atoms with van der Waals surface area (Å²) in [6, 6.07) is 8.12. The zero-order valence-corrected chi connectivity index (χ0v) is 23.8. The van der Waals surface area contributed by atoms with Gasteiger partial charge in [0.15, 0.2) is 10.8 Å². The van der Waals surface area contributed by atoms with Crippen molar-refractivity contribution in [2.75, 3.05) is 5.73 Å². The van der Waals surface area contributed by atoms with Crippen molar-refractivity contribution in [1.29, 1.82) is 0 Å². The number of nitrogen functional groups attached to an aromatic ring is 1. The first-order chi connectivity index (χ1) is 19.9. The maximum absolute atomic E-state index is 15.2. The number of imidazole rings is 1. The van der Waals surface area contributed by atoms with Crippen molar-refractivity contribution in [3.05, 3.63) is 107 Å². The number of halogens is 2. The van der Waals surface area contributed by atoms with Gasteiger partial charge in [0.05, 0.1) is 5.52 Å². The Kier molecular flexibility index (Phi) is 9.53. The standard InChI is InChI=1S/C31H31F2N5S.C2H2/c1-4-19(14-22(5-2)36-18(3)20-8-6-7-9-20)24-15-21(26(34)17-25(24)32)16-29-37-30-23(12-13-35-31(30)38-29)27-10-11-28(33)39-27;1-2/h4-5,10-15,17,20,36H,2-3,6-9,16,34H2,1H3,(H,35,37,38);1-2H/b19-4+,22-14+;. The zero-order chi connectivity index (χ0) is 29.5. The molecule has 4 aromatic rings. The van der Waals surface area contributed by atoms with Gasteiger partial charge in [0, 0.05) is 45.7 Å². The molecule has 4 N–H and O–H groups in total. The van der Waals surface area contributed by atoms with Gasteiger partial charge in [-0.25, -0.2) is 14.4 Å². The molecule has 1 fully saturated rings. The number of aromatic nitrogens is 3. The number of H-pyrrole nitrogens is 1. The molecule has 1 aliphatic rings. The second-order valence-electron chi connectivity index (χ2n) is 9.73. The van der Waals surface area contributed by atoms with E-state index in [1.165, 1.54) is 25.0 Å². The van der Waals surface area contributed by atoms with Gasteiger partial charge in [-0.1, -0.05) is 32.1 Å². The van der Waals surface area contributed by atoms with E-state index in [0.29, 0.717) is 40.6 Å². The Morgan fingerprint density at radius 1 is 1.22 bits per heavy atom. The number of fused-ring (bicyclic) bond motifs is 1. The third-order valence-corrected chi connectivity index (χ3v) is 8.08.